The topological polar surface area (TPSA) is 12.0 Å². The molecule has 0 saturated heterocycles. The Labute approximate surface area is 141 Å². The lowest BCUT2D eigenvalue weighted by atomic mass is 9.99. The van der Waals surface area contributed by atoms with Crippen LogP contribution in [0.5, 0.6) is 0 Å². The molecule has 0 saturated carbocycles. The van der Waals surface area contributed by atoms with E-state index < -0.39 is 0 Å². The van der Waals surface area contributed by atoms with E-state index in [9.17, 15) is 0 Å². The second-order valence-corrected chi connectivity index (χ2v) is 6.72. The molecule has 0 spiro atoms. The molecule has 2 aromatic carbocycles. The monoisotopic (exact) mass is 449 g/mol. The molecule has 2 aromatic rings. The van der Waals surface area contributed by atoms with Gasteiger partial charge in [-0.3, -0.25) is 0 Å². The molecule has 100 valence electrons. The number of hydrogen-bond acceptors (Lipinski definition) is 1. The van der Waals surface area contributed by atoms with Crippen molar-refractivity contribution in [3.05, 3.63) is 66.7 Å². The van der Waals surface area contributed by atoms with Crippen molar-refractivity contribution >= 4 is 50.1 Å². The highest BCUT2D eigenvalue weighted by atomic mass is 127. The van der Waals surface area contributed by atoms with Gasteiger partial charge in [-0.15, -0.1) is 0 Å². The molecule has 4 heteroatoms. The van der Waals surface area contributed by atoms with Crippen molar-refractivity contribution in [3.63, 3.8) is 0 Å². The van der Waals surface area contributed by atoms with Gasteiger partial charge in [-0.1, -0.05) is 46.6 Å². The first-order valence-corrected chi connectivity index (χ1v) is 8.30. The molecule has 0 aliphatic carbocycles. The number of benzene rings is 2. The van der Waals surface area contributed by atoms with E-state index in [4.69, 9.17) is 11.6 Å². The summed E-state index contributed by atoms with van der Waals surface area (Å²) in [7, 11) is 0. The Kier molecular flexibility index (Phi) is 5.69. The largest absolute Gasteiger partial charge is 0.306 e. The third-order valence-corrected chi connectivity index (χ3v) is 4.63. The fourth-order valence-corrected chi connectivity index (χ4v) is 3.09. The molecule has 2 rings (SSSR count). The third-order valence-electron chi connectivity index (χ3n) is 2.88. The first-order valence-electron chi connectivity index (χ1n) is 6.05. The van der Waals surface area contributed by atoms with E-state index in [1.54, 1.807) is 0 Å². The van der Waals surface area contributed by atoms with Gasteiger partial charge in [0.25, 0.3) is 0 Å². The molecular weight excluding hydrogens is 436 g/mol. The highest BCUT2D eigenvalue weighted by molar-refractivity contribution is 14.1. The molecule has 19 heavy (non-hydrogen) atoms. The molecule has 0 aliphatic rings. The number of rotatable bonds is 4. The SMILES string of the molecule is CCNC(c1ccc(Br)cc1)c1cc(Cl)ccc1I. The molecule has 0 aromatic heterocycles. The van der Waals surface area contributed by atoms with Crippen molar-refractivity contribution in [2.24, 2.45) is 0 Å². The quantitative estimate of drug-likeness (QED) is 0.615. The van der Waals surface area contributed by atoms with Crippen LogP contribution in [0.4, 0.5) is 0 Å². The summed E-state index contributed by atoms with van der Waals surface area (Å²) in [5.74, 6) is 0. The number of hydrogen-bond donors (Lipinski definition) is 1. The molecule has 1 N–H and O–H groups in total. The number of halogens is 3. The van der Waals surface area contributed by atoms with Crippen molar-refractivity contribution in [1.82, 2.24) is 5.32 Å². The van der Waals surface area contributed by atoms with Crippen LogP contribution in [0.1, 0.15) is 24.1 Å². The first-order chi connectivity index (χ1) is 9.11. The standard InChI is InChI=1S/C15H14BrClIN/c1-2-19-15(10-3-5-11(16)6-4-10)13-9-12(17)7-8-14(13)18/h3-9,15,19H,2H2,1H3. The Morgan fingerprint density at radius 1 is 1.21 bits per heavy atom. The summed E-state index contributed by atoms with van der Waals surface area (Å²) in [5.41, 5.74) is 2.46. The molecule has 0 heterocycles. The van der Waals surface area contributed by atoms with Gasteiger partial charge in [0.15, 0.2) is 0 Å². The van der Waals surface area contributed by atoms with E-state index in [-0.39, 0.29) is 6.04 Å². The second-order valence-electron chi connectivity index (χ2n) is 4.21. The Hall–Kier alpha value is -0.100. The van der Waals surface area contributed by atoms with Gasteiger partial charge in [0.1, 0.15) is 0 Å². The van der Waals surface area contributed by atoms with Crippen LogP contribution in [0.25, 0.3) is 0 Å². The maximum Gasteiger partial charge on any atom is 0.0587 e. The first kappa shape index (κ1) is 15.3. The molecule has 1 nitrogen and oxygen atoms in total. The molecular formula is C15H14BrClIN. The van der Waals surface area contributed by atoms with Gasteiger partial charge in [-0.25, -0.2) is 0 Å². The average molecular weight is 451 g/mol. The molecule has 0 amide bonds. The van der Waals surface area contributed by atoms with Gasteiger partial charge in [0.2, 0.25) is 0 Å². The molecule has 0 aliphatic heterocycles. The summed E-state index contributed by atoms with van der Waals surface area (Å²) in [6.07, 6.45) is 0. The van der Waals surface area contributed by atoms with Gasteiger partial charge >= 0.3 is 0 Å². The van der Waals surface area contributed by atoms with E-state index in [1.165, 1.54) is 14.7 Å². The van der Waals surface area contributed by atoms with Crippen molar-refractivity contribution < 1.29 is 0 Å². The van der Waals surface area contributed by atoms with E-state index in [2.05, 4.69) is 81.1 Å². The summed E-state index contributed by atoms with van der Waals surface area (Å²) < 4.78 is 2.31. The second kappa shape index (κ2) is 7.07. The van der Waals surface area contributed by atoms with Crippen LogP contribution in [0.3, 0.4) is 0 Å². The summed E-state index contributed by atoms with van der Waals surface area (Å²) in [6.45, 7) is 3.02. The van der Waals surface area contributed by atoms with Crippen LogP contribution in [0.2, 0.25) is 5.02 Å². The van der Waals surface area contributed by atoms with E-state index in [1.807, 2.05) is 12.1 Å². The maximum absolute atomic E-state index is 6.14. The predicted octanol–water partition coefficient (Wildman–Crippen LogP) is 5.41. The Bertz CT molecular complexity index is 557. The van der Waals surface area contributed by atoms with Gasteiger partial charge in [-0.05, 0) is 70.6 Å². The zero-order valence-electron chi connectivity index (χ0n) is 10.5. The van der Waals surface area contributed by atoms with Crippen LogP contribution in [-0.4, -0.2) is 6.54 Å². The minimum absolute atomic E-state index is 0.170. The van der Waals surface area contributed by atoms with Crippen molar-refractivity contribution in [2.45, 2.75) is 13.0 Å². The zero-order valence-corrected chi connectivity index (χ0v) is 15.0. The zero-order chi connectivity index (χ0) is 13.8. The summed E-state index contributed by atoms with van der Waals surface area (Å²) in [5, 5.41) is 4.30. The van der Waals surface area contributed by atoms with Gasteiger partial charge < -0.3 is 5.32 Å². The smallest absolute Gasteiger partial charge is 0.0587 e. The van der Waals surface area contributed by atoms with Crippen molar-refractivity contribution in [2.75, 3.05) is 6.54 Å². The van der Waals surface area contributed by atoms with Crippen molar-refractivity contribution in [1.29, 1.82) is 0 Å². The fourth-order valence-electron chi connectivity index (χ4n) is 2.00. The Morgan fingerprint density at radius 2 is 1.89 bits per heavy atom. The number of nitrogens with one attached hydrogen (secondary N) is 1. The lowest BCUT2D eigenvalue weighted by Gasteiger charge is -2.20. The molecule has 0 fully saturated rings. The van der Waals surface area contributed by atoms with Crippen LogP contribution in [0, 0.1) is 3.57 Å². The molecule has 0 bridgehead atoms. The van der Waals surface area contributed by atoms with Gasteiger partial charge in [-0.2, -0.15) is 0 Å². The lowest BCUT2D eigenvalue weighted by molar-refractivity contribution is 0.628. The van der Waals surface area contributed by atoms with Crippen LogP contribution in [0.15, 0.2) is 46.9 Å². The minimum atomic E-state index is 0.170. The molecule has 1 atom stereocenters. The van der Waals surface area contributed by atoms with Crippen molar-refractivity contribution in [3.8, 4) is 0 Å². The summed E-state index contributed by atoms with van der Waals surface area (Å²) in [6, 6.07) is 14.6. The highest BCUT2D eigenvalue weighted by Crippen LogP contribution is 2.29. The lowest BCUT2D eigenvalue weighted by Crippen LogP contribution is -2.22. The molecule has 0 radical (unpaired) electrons. The van der Waals surface area contributed by atoms with Crippen LogP contribution < -0.4 is 5.32 Å². The highest BCUT2D eigenvalue weighted by Gasteiger charge is 2.16. The fraction of sp³-hybridized carbons (Fsp3) is 0.200. The van der Waals surface area contributed by atoms with Gasteiger partial charge in [0, 0.05) is 13.1 Å². The normalized spacial score (nSPS) is 12.4. The van der Waals surface area contributed by atoms with Crippen LogP contribution >= 0.6 is 50.1 Å². The Morgan fingerprint density at radius 3 is 2.53 bits per heavy atom. The van der Waals surface area contributed by atoms with E-state index in [0.717, 1.165) is 16.0 Å². The summed E-state index contributed by atoms with van der Waals surface area (Å²) >= 11 is 12.0. The summed E-state index contributed by atoms with van der Waals surface area (Å²) in [4.78, 5) is 0. The maximum atomic E-state index is 6.14. The molecule has 1 unspecified atom stereocenters. The van der Waals surface area contributed by atoms with E-state index >= 15 is 0 Å². The van der Waals surface area contributed by atoms with Crippen LogP contribution in [-0.2, 0) is 0 Å². The minimum Gasteiger partial charge on any atom is -0.306 e. The Balaban J connectivity index is 2.44. The third kappa shape index (κ3) is 3.94. The average Bonchev–Trinajstić information content (AvgIpc) is 2.40. The van der Waals surface area contributed by atoms with E-state index in [0.29, 0.717) is 0 Å². The van der Waals surface area contributed by atoms with Gasteiger partial charge in [0.05, 0.1) is 6.04 Å². The predicted molar refractivity (Wildman–Crippen MR) is 93.8 cm³/mol.